The van der Waals surface area contributed by atoms with Gasteiger partial charge in [0.15, 0.2) is 0 Å². The van der Waals surface area contributed by atoms with E-state index in [2.05, 4.69) is 52.0 Å². The molecule has 2 saturated heterocycles. The fourth-order valence-electron chi connectivity index (χ4n) is 4.87. The summed E-state index contributed by atoms with van der Waals surface area (Å²) in [6.45, 7) is 19.7. The number of hydrogen-bond acceptors (Lipinski definition) is 0. The van der Waals surface area contributed by atoms with E-state index in [1.165, 1.54) is 25.7 Å². The van der Waals surface area contributed by atoms with Crippen molar-refractivity contribution in [1.82, 2.24) is 0 Å². The van der Waals surface area contributed by atoms with Crippen molar-refractivity contribution in [2.45, 2.75) is 76.0 Å². The zero-order valence-corrected chi connectivity index (χ0v) is 16.5. The molecule has 0 saturated carbocycles. The lowest BCUT2D eigenvalue weighted by atomic mass is 10.2. The summed E-state index contributed by atoms with van der Waals surface area (Å²) in [5.74, 6) is 0. The number of benzene rings is 1. The van der Waals surface area contributed by atoms with E-state index in [0.29, 0.717) is 0 Å². The highest BCUT2D eigenvalue weighted by Gasteiger charge is 2.52. The highest BCUT2D eigenvalue weighted by atomic mass is 31.2. The van der Waals surface area contributed by atoms with Crippen LogP contribution in [0.3, 0.4) is 0 Å². The first-order chi connectivity index (χ1) is 10.3. The second kappa shape index (κ2) is 5.86. The maximum Gasteiger partial charge on any atom is 0.104 e. The van der Waals surface area contributed by atoms with Crippen molar-refractivity contribution in [3.8, 4) is 0 Å². The van der Waals surface area contributed by atoms with Crippen molar-refractivity contribution in [2.24, 2.45) is 0 Å². The van der Waals surface area contributed by atoms with Gasteiger partial charge in [-0.05, 0) is 65.5 Å². The second-order valence-electron chi connectivity index (χ2n) is 7.90. The Morgan fingerprint density at radius 1 is 0.682 bits per heavy atom. The van der Waals surface area contributed by atoms with Crippen molar-refractivity contribution in [2.75, 3.05) is 0 Å². The molecule has 1 aromatic carbocycles. The van der Waals surface area contributed by atoms with Gasteiger partial charge < -0.3 is 0 Å². The standard InChI is InChI=1S/C20H32P2/c1-15-11-12-16(2)21(15,5)19-9-7-8-10-20(19)22(6)17(3)13-14-18(22)4/h7-10,15-18H,5-6,11-14H2,1-4H3/t15-,16-,17+,18+. The molecule has 0 amide bonds. The summed E-state index contributed by atoms with van der Waals surface area (Å²) < 4.78 is 0. The average Bonchev–Trinajstić information content (AvgIpc) is 2.94. The van der Waals surface area contributed by atoms with Crippen molar-refractivity contribution in [1.29, 1.82) is 0 Å². The van der Waals surface area contributed by atoms with E-state index in [4.69, 9.17) is 13.3 Å². The Labute approximate surface area is 139 Å². The number of rotatable bonds is 2. The molecule has 2 aliphatic heterocycles. The lowest BCUT2D eigenvalue weighted by Gasteiger charge is -2.41. The summed E-state index contributed by atoms with van der Waals surface area (Å²) in [4.78, 5) is 0. The highest BCUT2D eigenvalue weighted by Crippen LogP contribution is 2.75. The smallest absolute Gasteiger partial charge is 0.104 e. The van der Waals surface area contributed by atoms with Crippen LogP contribution in [0, 0.1) is 13.3 Å². The summed E-state index contributed by atoms with van der Waals surface area (Å²) in [7, 11) is -2.60. The Bertz CT molecular complexity index is 481. The molecule has 3 rings (SSSR count). The number of hydrogen-bond donors (Lipinski definition) is 0. The lowest BCUT2D eigenvalue weighted by molar-refractivity contribution is 0.777. The maximum absolute atomic E-state index is 4.92. The van der Waals surface area contributed by atoms with Crippen molar-refractivity contribution in [3.05, 3.63) is 37.6 Å². The van der Waals surface area contributed by atoms with Crippen LogP contribution in [0.1, 0.15) is 53.4 Å². The average molecular weight is 334 g/mol. The molecule has 2 heteroatoms. The van der Waals surface area contributed by atoms with Gasteiger partial charge in [-0.25, -0.2) is 0 Å². The zero-order chi connectivity index (χ0) is 16.1. The molecule has 1 aromatic rings. The van der Waals surface area contributed by atoms with Crippen LogP contribution in [0.4, 0.5) is 0 Å². The van der Waals surface area contributed by atoms with E-state index in [1.54, 1.807) is 10.6 Å². The first-order valence-electron chi connectivity index (χ1n) is 8.88. The summed E-state index contributed by atoms with van der Waals surface area (Å²) in [5, 5.41) is 3.30. The van der Waals surface area contributed by atoms with Gasteiger partial charge in [0.2, 0.25) is 0 Å². The molecule has 122 valence electrons. The summed E-state index contributed by atoms with van der Waals surface area (Å²) in [6.07, 6.45) is 5.45. The van der Waals surface area contributed by atoms with Crippen LogP contribution in [-0.4, -0.2) is 22.6 Å². The lowest BCUT2D eigenvalue weighted by Crippen LogP contribution is -2.36. The van der Waals surface area contributed by atoms with Crippen molar-refractivity contribution < 1.29 is 0 Å². The zero-order valence-electron chi connectivity index (χ0n) is 14.8. The van der Waals surface area contributed by atoms with Crippen LogP contribution in [-0.2, 0) is 0 Å². The van der Waals surface area contributed by atoms with Gasteiger partial charge in [-0.3, -0.25) is 0 Å². The monoisotopic (exact) mass is 334 g/mol. The van der Waals surface area contributed by atoms with Gasteiger partial charge in [0.1, 0.15) is 10.6 Å². The Kier molecular flexibility index (Phi) is 4.51. The molecule has 0 bridgehead atoms. The maximum atomic E-state index is 4.92. The Hall–Kier alpha value is 0.0800. The molecule has 0 spiro atoms. The fraction of sp³-hybridized carbons (Fsp3) is 0.600. The highest BCUT2D eigenvalue weighted by molar-refractivity contribution is 7.91. The first-order valence-corrected chi connectivity index (χ1v) is 13.1. The van der Waals surface area contributed by atoms with E-state index < -0.39 is 14.5 Å². The van der Waals surface area contributed by atoms with Gasteiger partial charge >= 0.3 is 0 Å². The molecule has 0 aromatic heterocycles. The molecule has 0 N–H and O–H groups in total. The van der Waals surface area contributed by atoms with Gasteiger partial charge in [-0.1, -0.05) is 26.7 Å². The summed E-state index contributed by atoms with van der Waals surface area (Å²) in [5.41, 5.74) is 3.12. The summed E-state index contributed by atoms with van der Waals surface area (Å²) >= 11 is 0. The molecule has 0 radical (unpaired) electrons. The third-order valence-corrected chi connectivity index (χ3v) is 17.0. The molecule has 2 heterocycles. The minimum atomic E-state index is -1.30. The topological polar surface area (TPSA) is 0 Å². The summed E-state index contributed by atoms with van der Waals surface area (Å²) in [6, 6.07) is 9.36. The van der Waals surface area contributed by atoms with Crippen LogP contribution in [0.2, 0.25) is 0 Å². The Balaban J connectivity index is 2.16. The minimum Gasteiger partial charge on any atom is -0.174 e. The van der Waals surface area contributed by atoms with Crippen LogP contribution < -0.4 is 10.6 Å². The molecular weight excluding hydrogens is 302 g/mol. The van der Waals surface area contributed by atoms with E-state index in [9.17, 15) is 0 Å². The molecule has 0 nitrogen and oxygen atoms in total. The van der Waals surface area contributed by atoms with E-state index >= 15 is 0 Å². The molecular formula is C20H32P2. The molecule has 4 atom stereocenters. The van der Waals surface area contributed by atoms with Gasteiger partial charge in [0.05, 0.1) is 0 Å². The molecule has 22 heavy (non-hydrogen) atoms. The van der Waals surface area contributed by atoms with Crippen LogP contribution in [0.5, 0.6) is 0 Å². The normalized spacial score (nSPS) is 36.6. The quantitative estimate of drug-likeness (QED) is 0.481. The SMILES string of the molecule is [CH2-][P+]1(c2ccccc2[P+]2([CH2-])[C@@H](C)CC[C@@H]2C)[C@H](C)CC[C@H]1C. The van der Waals surface area contributed by atoms with Crippen LogP contribution in [0.15, 0.2) is 24.3 Å². The third kappa shape index (κ3) is 2.24. The predicted octanol–water partition coefficient (Wildman–Crippen LogP) is 5.70. The van der Waals surface area contributed by atoms with E-state index in [0.717, 1.165) is 22.6 Å². The second-order valence-corrected chi connectivity index (χ2v) is 16.1. The largest absolute Gasteiger partial charge is 0.174 e. The van der Waals surface area contributed by atoms with E-state index in [1.807, 2.05) is 0 Å². The minimum absolute atomic E-state index is 0.781. The predicted molar refractivity (Wildman–Crippen MR) is 107 cm³/mol. The first kappa shape index (κ1) is 16.9. The van der Waals surface area contributed by atoms with Crippen molar-refractivity contribution in [3.63, 3.8) is 0 Å². The van der Waals surface area contributed by atoms with Gasteiger partial charge in [0.25, 0.3) is 0 Å². The fourth-order valence-corrected chi connectivity index (χ4v) is 13.8. The van der Waals surface area contributed by atoms with Gasteiger partial charge in [-0.15, -0.1) is 0 Å². The Morgan fingerprint density at radius 3 is 1.23 bits per heavy atom. The van der Waals surface area contributed by atoms with Gasteiger partial charge in [-0.2, -0.15) is 13.3 Å². The Morgan fingerprint density at radius 2 is 0.955 bits per heavy atom. The van der Waals surface area contributed by atoms with Crippen molar-refractivity contribution >= 4 is 25.1 Å². The van der Waals surface area contributed by atoms with Crippen LogP contribution in [0.25, 0.3) is 0 Å². The molecule has 0 unspecified atom stereocenters. The molecule has 0 aliphatic carbocycles. The van der Waals surface area contributed by atoms with Gasteiger partial charge in [0, 0.05) is 22.6 Å². The third-order valence-electron chi connectivity index (χ3n) is 6.93. The van der Waals surface area contributed by atoms with Crippen LogP contribution >= 0.6 is 14.5 Å². The molecule has 2 fully saturated rings. The van der Waals surface area contributed by atoms with E-state index in [-0.39, 0.29) is 0 Å². The molecule has 2 aliphatic rings.